The van der Waals surface area contributed by atoms with Crippen LogP contribution < -0.4 is 16.6 Å². The first-order valence-electron chi connectivity index (χ1n) is 12.5. The number of para-hydroxylation sites is 1. The zero-order chi connectivity index (χ0) is 26.1. The van der Waals surface area contributed by atoms with E-state index in [1.807, 2.05) is 54.7 Å². The van der Waals surface area contributed by atoms with Gasteiger partial charge in [0.1, 0.15) is 5.82 Å². The number of hydrogen-bond donors (Lipinski definition) is 3. The average Bonchev–Trinajstić information content (AvgIpc) is 3.26. The summed E-state index contributed by atoms with van der Waals surface area (Å²) in [7, 11) is 1.71. The van der Waals surface area contributed by atoms with E-state index in [0.717, 1.165) is 50.8 Å². The van der Waals surface area contributed by atoms with E-state index in [1.165, 1.54) is 4.68 Å². The number of benzene rings is 2. The Balaban J connectivity index is 1.80. The molecule has 0 aliphatic heterocycles. The highest BCUT2D eigenvalue weighted by molar-refractivity contribution is 5.97. The maximum absolute atomic E-state index is 13.5. The molecule has 3 heterocycles. The van der Waals surface area contributed by atoms with Crippen LogP contribution in [0.2, 0.25) is 0 Å². The van der Waals surface area contributed by atoms with Crippen molar-refractivity contribution >= 4 is 27.5 Å². The normalized spacial score (nSPS) is 11.6. The Hall–Kier alpha value is -4.01. The molecule has 0 saturated carbocycles. The van der Waals surface area contributed by atoms with E-state index >= 15 is 0 Å². The van der Waals surface area contributed by atoms with Gasteiger partial charge in [0.25, 0.3) is 5.56 Å². The predicted octanol–water partition coefficient (Wildman–Crippen LogP) is 4.02. The van der Waals surface area contributed by atoms with Crippen molar-refractivity contribution in [3.05, 3.63) is 88.0 Å². The van der Waals surface area contributed by atoms with Crippen LogP contribution in [0.5, 0.6) is 0 Å². The van der Waals surface area contributed by atoms with Crippen LogP contribution in [-0.2, 0) is 26.6 Å². The van der Waals surface area contributed by atoms with Crippen LogP contribution in [-0.4, -0.2) is 31.1 Å². The molecule has 0 amide bonds. The van der Waals surface area contributed by atoms with Crippen molar-refractivity contribution in [2.45, 2.75) is 33.4 Å². The lowest BCUT2D eigenvalue weighted by Gasteiger charge is -2.14. The first-order chi connectivity index (χ1) is 17.9. The van der Waals surface area contributed by atoms with Gasteiger partial charge in [-0.05, 0) is 47.2 Å². The van der Waals surface area contributed by atoms with Gasteiger partial charge >= 0.3 is 0 Å². The number of aromatic nitrogens is 4. The number of pyridine rings is 1. The molecule has 0 aliphatic carbocycles. The molecule has 5 aromatic rings. The largest absolute Gasteiger partial charge is 0.392 e. The Morgan fingerprint density at radius 1 is 1.08 bits per heavy atom. The fraction of sp³-hybridized carbons (Fsp3) is 0.276. The van der Waals surface area contributed by atoms with E-state index in [4.69, 9.17) is 10.7 Å². The molecule has 3 aromatic heterocycles. The first-order valence-corrected chi connectivity index (χ1v) is 12.5. The summed E-state index contributed by atoms with van der Waals surface area (Å²) < 4.78 is 3.57. The van der Waals surface area contributed by atoms with Crippen molar-refractivity contribution in [3.8, 4) is 11.3 Å². The molecular weight excluding hydrogens is 464 g/mol. The number of hydrogen-bond acceptors (Lipinski definition) is 6. The van der Waals surface area contributed by atoms with Gasteiger partial charge in [0.05, 0.1) is 35.6 Å². The molecule has 0 atom stereocenters. The van der Waals surface area contributed by atoms with Gasteiger partial charge in [0.15, 0.2) is 0 Å². The second kappa shape index (κ2) is 10.2. The minimum absolute atomic E-state index is 0.0756. The van der Waals surface area contributed by atoms with Gasteiger partial charge in [0, 0.05) is 30.6 Å². The molecule has 190 valence electrons. The fourth-order valence-corrected chi connectivity index (χ4v) is 4.98. The van der Waals surface area contributed by atoms with Gasteiger partial charge in [-0.1, -0.05) is 50.2 Å². The van der Waals surface area contributed by atoms with E-state index in [2.05, 4.69) is 34.9 Å². The van der Waals surface area contributed by atoms with Gasteiger partial charge < -0.3 is 20.7 Å². The zero-order valence-electron chi connectivity index (χ0n) is 21.4. The second-order valence-electron chi connectivity index (χ2n) is 9.79. The van der Waals surface area contributed by atoms with E-state index in [-0.39, 0.29) is 18.8 Å². The molecule has 0 fully saturated rings. The zero-order valence-corrected chi connectivity index (χ0v) is 21.4. The molecule has 5 rings (SSSR count). The third-order valence-corrected chi connectivity index (χ3v) is 6.58. The van der Waals surface area contributed by atoms with E-state index in [0.29, 0.717) is 23.7 Å². The molecule has 2 aromatic carbocycles. The highest BCUT2D eigenvalue weighted by Gasteiger charge is 2.21. The number of nitrogens with zero attached hydrogens (tertiary/aromatic N) is 4. The SMILES string of the molecule is CC(C)Cc1nn(C)c(=O)c2c(-c3cccc(CO)c3)n(Cc3cc(NCN)nc4ccccc34)cc12. The predicted molar refractivity (Wildman–Crippen MR) is 148 cm³/mol. The van der Waals surface area contributed by atoms with Crippen LogP contribution in [0.25, 0.3) is 32.9 Å². The number of rotatable bonds is 8. The summed E-state index contributed by atoms with van der Waals surface area (Å²) in [6.07, 6.45) is 2.81. The molecule has 0 radical (unpaired) electrons. The van der Waals surface area contributed by atoms with Gasteiger partial charge in [0.2, 0.25) is 0 Å². The summed E-state index contributed by atoms with van der Waals surface area (Å²) in [6, 6.07) is 17.7. The van der Waals surface area contributed by atoms with E-state index in [9.17, 15) is 9.90 Å². The molecule has 0 unspecified atom stereocenters. The molecule has 8 heteroatoms. The van der Waals surface area contributed by atoms with Crippen molar-refractivity contribution in [2.24, 2.45) is 18.7 Å². The average molecular weight is 497 g/mol. The lowest BCUT2D eigenvalue weighted by molar-refractivity contribution is 0.282. The van der Waals surface area contributed by atoms with Crippen molar-refractivity contribution in [1.29, 1.82) is 0 Å². The molecule has 0 spiro atoms. The van der Waals surface area contributed by atoms with Crippen molar-refractivity contribution < 1.29 is 5.11 Å². The van der Waals surface area contributed by atoms with Gasteiger partial charge in [-0.3, -0.25) is 4.79 Å². The Morgan fingerprint density at radius 3 is 2.65 bits per heavy atom. The van der Waals surface area contributed by atoms with Crippen LogP contribution in [0, 0.1) is 5.92 Å². The molecule has 0 bridgehead atoms. The summed E-state index contributed by atoms with van der Waals surface area (Å²) >= 11 is 0. The van der Waals surface area contributed by atoms with Crippen LogP contribution in [0.3, 0.4) is 0 Å². The van der Waals surface area contributed by atoms with E-state index in [1.54, 1.807) is 7.05 Å². The topological polar surface area (TPSA) is 111 Å². The van der Waals surface area contributed by atoms with Gasteiger partial charge in [-0.25, -0.2) is 9.67 Å². The van der Waals surface area contributed by atoms with Crippen LogP contribution in [0.1, 0.15) is 30.7 Å². The first kappa shape index (κ1) is 24.7. The quantitative estimate of drug-likeness (QED) is 0.280. The number of anilines is 1. The monoisotopic (exact) mass is 496 g/mol. The summed E-state index contributed by atoms with van der Waals surface area (Å²) in [6.45, 7) is 5.01. The van der Waals surface area contributed by atoms with Crippen LogP contribution >= 0.6 is 0 Å². The third-order valence-electron chi connectivity index (χ3n) is 6.58. The van der Waals surface area contributed by atoms with Crippen molar-refractivity contribution in [2.75, 3.05) is 12.0 Å². The highest BCUT2D eigenvalue weighted by atomic mass is 16.3. The number of nitrogens with two attached hydrogens (primary N) is 1. The van der Waals surface area contributed by atoms with Crippen LogP contribution in [0.15, 0.2) is 65.6 Å². The molecular formula is C29H32N6O2. The summed E-state index contributed by atoms with van der Waals surface area (Å²) in [4.78, 5) is 18.2. The summed E-state index contributed by atoms with van der Waals surface area (Å²) in [5, 5.41) is 20.1. The minimum atomic E-state index is -0.143. The molecule has 37 heavy (non-hydrogen) atoms. The molecule has 4 N–H and O–H groups in total. The van der Waals surface area contributed by atoms with Crippen LogP contribution in [0.4, 0.5) is 5.82 Å². The third kappa shape index (κ3) is 4.73. The maximum atomic E-state index is 13.5. The Kier molecular flexibility index (Phi) is 6.78. The second-order valence-corrected chi connectivity index (χ2v) is 9.79. The summed E-state index contributed by atoms with van der Waals surface area (Å²) in [5.74, 6) is 1.08. The lowest BCUT2D eigenvalue weighted by atomic mass is 10.0. The van der Waals surface area contributed by atoms with Crippen molar-refractivity contribution in [3.63, 3.8) is 0 Å². The molecule has 0 saturated heterocycles. The van der Waals surface area contributed by atoms with E-state index < -0.39 is 0 Å². The standard InChI is InChI=1S/C29H32N6O2/c1-18(2)11-25-23-15-35(14-21-13-26(31-17-30)32-24-10-5-4-9-22(21)24)28(27(23)29(37)34(3)33-25)20-8-6-7-19(12-20)16-36/h4-10,12-13,15,18,36H,11,14,16-17,30H2,1-3H3,(H,31,32). The minimum Gasteiger partial charge on any atom is -0.392 e. The Labute approximate surface area is 215 Å². The van der Waals surface area contributed by atoms with Crippen molar-refractivity contribution in [1.82, 2.24) is 19.3 Å². The highest BCUT2D eigenvalue weighted by Crippen LogP contribution is 2.33. The summed E-state index contributed by atoms with van der Waals surface area (Å²) in [5.41, 5.74) is 10.9. The number of fused-ring (bicyclic) bond motifs is 2. The number of aryl methyl sites for hydroxylation is 1. The van der Waals surface area contributed by atoms with Gasteiger partial charge in [-0.15, -0.1) is 0 Å². The fourth-order valence-electron chi connectivity index (χ4n) is 4.98. The number of aliphatic hydroxyl groups is 1. The lowest BCUT2D eigenvalue weighted by Crippen LogP contribution is -2.22. The number of nitrogens with one attached hydrogen (secondary N) is 1. The Bertz CT molecular complexity index is 1650. The Morgan fingerprint density at radius 2 is 1.89 bits per heavy atom. The van der Waals surface area contributed by atoms with Gasteiger partial charge in [-0.2, -0.15) is 5.10 Å². The molecule has 0 aliphatic rings. The maximum Gasteiger partial charge on any atom is 0.276 e. The molecule has 8 nitrogen and oxygen atoms in total. The smallest absolute Gasteiger partial charge is 0.276 e. The number of aliphatic hydroxyl groups excluding tert-OH is 1.